The minimum atomic E-state index is -2.48. The molecule has 4 nitrogen and oxygen atoms in total. The second-order valence-corrected chi connectivity index (χ2v) is 6.07. The molecule has 0 radical (unpaired) electrons. The van der Waals surface area contributed by atoms with Crippen molar-refractivity contribution in [3.05, 3.63) is 24.3 Å². The van der Waals surface area contributed by atoms with Gasteiger partial charge >= 0.3 is 6.03 Å². The minimum absolute atomic E-state index is 0.0482. The molecule has 0 heterocycles. The Morgan fingerprint density at radius 1 is 1.29 bits per heavy atom. The molecule has 1 aliphatic rings. The van der Waals surface area contributed by atoms with Crippen molar-refractivity contribution in [1.29, 1.82) is 0 Å². The van der Waals surface area contributed by atoms with Crippen molar-refractivity contribution >= 4 is 23.5 Å². The van der Waals surface area contributed by atoms with Gasteiger partial charge in [-0.1, -0.05) is 17.8 Å². The maximum Gasteiger partial charge on any atom is 0.319 e. The second-order valence-electron chi connectivity index (χ2n) is 5.01. The molecule has 116 valence electrons. The molecule has 0 spiro atoms. The predicted octanol–water partition coefficient (Wildman–Crippen LogP) is 3.43. The fourth-order valence-electron chi connectivity index (χ4n) is 2.32. The Morgan fingerprint density at radius 2 is 2.00 bits per heavy atom. The molecule has 0 aromatic heterocycles. The first-order chi connectivity index (χ1) is 10.0. The topological polar surface area (TPSA) is 61.4 Å². The number of halogens is 2. The van der Waals surface area contributed by atoms with E-state index in [9.17, 15) is 18.7 Å². The Labute approximate surface area is 126 Å². The van der Waals surface area contributed by atoms with Crippen LogP contribution in [-0.4, -0.2) is 29.0 Å². The smallest absolute Gasteiger partial charge is 0.319 e. The van der Waals surface area contributed by atoms with Gasteiger partial charge in [-0.3, -0.25) is 0 Å². The van der Waals surface area contributed by atoms with Crippen LogP contribution in [0.3, 0.4) is 0 Å². The Hall–Kier alpha value is -1.34. The molecule has 0 aliphatic heterocycles. The highest BCUT2D eigenvalue weighted by Gasteiger charge is 2.20. The van der Waals surface area contributed by atoms with E-state index in [1.54, 1.807) is 18.2 Å². The molecule has 2 rings (SSSR count). The lowest BCUT2D eigenvalue weighted by Crippen LogP contribution is -2.40. The number of anilines is 1. The number of alkyl halides is 2. The van der Waals surface area contributed by atoms with Gasteiger partial charge in [0.1, 0.15) is 0 Å². The van der Waals surface area contributed by atoms with Crippen LogP contribution in [0, 0.1) is 0 Å². The number of aliphatic hydroxyl groups excluding tert-OH is 1. The summed E-state index contributed by atoms with van der Waals surface area (Å²) < 4.78 is 24.6. The fraction of sp³-hybridized carbons (Fsp3) is 0.500. The Morgan fingerprint density at radius 3 is 2.67 bits per heavy atom. The zero-order chi connectivity index (χ0) is 15.2. The lowest BCUT2D eigenvalue weighted by atomic mass is 9.93. The first-order valence-electron chi connectivity index (χ1n) is 6.83. The maximum atomic E-state index is 12.3. The van der Waals surface area contributed by atoms with Gasteiger partial charge in [0, 0.05) is 16.6 Å². The third-order valence-corrected chi connectivity index (χ3v) is 4.05. The highest BCUT2D eigenvalue weighted by Crippen LogP contribution is 2.27. The summed E-state index contributed by atoms with van der Waals surface area (Å²) >= 11 is 0.443. The first-order valence-corrected chi connectivity index (χ1v) is 7.71. The molecule has 1 aromatic rings. The van der Waals surface area contributed by atoms with Crippen LogP contribution in [0.25, 0.3) is 0 Å². The number of thioether (sulfide) groups is 1. The van der Waals surface area contributed by atoms with Gasteiger partial charge in [0.25, 0.3) is 5.76 Å². The van der Waals surface area contributed by atoms with Gasteiger partial charge in [-0.2, -0.15) is 8.78 Å². The van der Waals surface area contributed by atoms with E-state index in [0.717, 1.165) is 12.8 Å². The number of benzene rings is 1. The van der Waals surface area contributed by atoms with Crippen molar-refractivity contribution in [3.63, 3.8) is 0 Å². The van der Waals surface area contributed by atoms with E-state index in [4.69, 9.17) is 0 Å². The SMILES string of the molecule is O=C(Nc1cccc(SC(F)F)c1)NC1CCC(O)CC1. The molecule has 3 N–H and O–H groups in total. The van der Waals surface area contributed by atoms with E-state index in [1.165, 1.54) is 6.07 Å². The van der Waals surface area contributed by atoms with Crippen LogP contribution in [0.15, 0.2) is 29.2 Å². The number of carbonyl (C=O) groups is 1. The van der Waals surface area contributed by atoms with E-state index in [1.807, 2.05) is 0 Å². The van der Waals surface area contributed by atoms with E-state index in [-0.39, 0.29) is 18.2 Å². The molecule has 7 heteroatoms. The Bertz CT molecular complexity index is 480. The molecule has 21 heavy (non-hydrogen) atoms. The lowest BCUT2D eigenvalue weighted by Gasteiger charge is -2.26. The molecule has 1 fully saturated rings. The van der Waals surface area contributed by atoms with Crippen molar-refractivity contribution in [2.24, 2.45) is 0 Å². The summed E-state index contributed by atoms with van der Waals surface area (Å²) in [5, 5.41) is 14.9. The summed E-state index contributed by atoms with van der Waals surface area (Å²) in [6.45, 7) is 0. The maximum absolute atomic E-state index is 12.3. The van der Waals surface area contributed by atoms with Crippen LogP contribution in [0.4, 0.5) is 19.3 Å². The zero-order valence-electron chi connectivity index (χ0n) is 11.4. The van der Waals surface area contributed by atoms with Crippen molar-refractivity contribution in [3.8, 4) is 0 Å². The molecule has 1 aromatic carbocycles. The molecule has 0 bridgehead atoms. The van der Waals surface area contributed by atoms with Crippen LogP contribution in [-0.2, 0) is 0 Å². The molecule has 2 amide bonds. The Kier molecular flexibility index (Phi) is 5.81. The number of nitrogens with one attached hydrogen (secondary N) is 2. The number of carbonyl (C=O) groups excluding carboxylic acids is 1. The third-order valence-electron chi connectivity index (χ3n) is 3.35. The molecule has 0 unspecified atom stereocenters. The molecular formula is C14H18F2N2O2S. The van der Waals surface area contributed by atoms with Crippen LogP contribution in [0.5, 0.6) is 0 Å². The summed E-state index contributed by atoms with van der Waals surface area (Å²) in [5.41, 5.74) is 0.481. The lowest BCUT2D eigenvalue weighted by molar-refractivity contribution is 0.118. The van der Waals surface area contributed by atoms with Gasteiger partial charge < -0.3 is 15.7 Å². The van der Waals surface area contributed by atoms with Gasteiger partial charge in [0.2, 0.25) is 0 Å². The summed E-state index contributed by atoms with van der Waals surface area (Å²) in [6.07, 6.45) is 2.59. The van der Waals surface area contributed by atoms with E-state index in [0.29, 0.717) is 35.2 Å². The summed E-state index contributed by atoms with van der Waals surface area (Å²) in [4.78, 5) is 12.3. The number of urea groups is 1. The van der Waals surface area contributed by atoms with Crippen molar-refractivity contribution < 1.29 is 18.7 Å². The van der Waals surface area contributed by atoms with Crippen molar-refractivity contribution in [2.75, 3.05) is 5.32 Å². The van der Waals surface area contributed by atoms with Crippen LogP contribution in [0.1, 0.15) is 25.7 Å². The molecule has 1 aliphatic carbocycles. The number of rotatable bonds is 4. The van der Waals surface area contributed by atoms with E-state index < -0.39 is 5.76 Å². The zero-order valence-corrected chi connectivity index (χ0v) is 12.2. The molecule has 0 atom stereocenters. The average Bonchev–Trinajstić information content (AvgIpc) is 2.41. The van der Waals surface area contributed by atoms with Gasteiger partial charge in [0.15, 0.2) is 0 Å². The fourth-order valence-corrected chi connectivity index (χ4v) is 2.88. The average molecular weight is 316 g/mol. The molecular weight excluding hydrogens is 298 g/mol. The highest BCUT2D eigenvalue weighted by atomic mass is 32.2. The van der Waals surface area contributed by atoms with Crippen molar-refractivity contribution in [1.82, 2.24) is 5.32 Å². The van der Waals surface area contributed by atoms with Crippen LogP contribution < -0.4 is 10.6 Å². The second kappa shape index (κ2) is 7.61. The predicted molar refractivity (Wildman–Crippen MR) is 78.7 cm³/mol. The molecule has 0 saturated heterocycles. The number of amides is 2. The summed E-state index contributed by atoms with van der Waals surface area (Å²) in [5.74, 6) is -2.48. The number of hydrogen-bond donors (Lipinski definition) is 3. The van der Waals surface area contributed by atoms with Gasteiger partial charge in [-0.15, -0.1) is 0 Å². The monoisotopic (exact) mass is 316 g/mol. The largest absolute Gasteiger partial charge is 0.393 e. The van der Waals surface area contributed by atoms with Gasteiger partial charge in [-0.25, -0.2) is 4.79 Å². The Balaban J connectivity index is 1.84. The third kappa shape index (κ3) is 5.51. The van der Waals surface area contributed by atoms with Gasteiger partial charge in [0.05, 0.1) is 6.10 Å². The first kappa shape index (κ1) is 16.0. The van der Waals surface area contributed by atoms with Crippen LogP contribution >= 0.6 is 11.8 Å². The number of hydrogen-bond acceptors (Lipinski definition) is 3. The van der Waals surface area contributed by atoms with E-state index in [2.05, 4.69) is 10.6 Å². The van der Waals surface area contributed by atoms with Crippen LogP contribution in [0.2, 0.25) is 0 Å². The standard InChI is InChI=1S/C14H18F2N2O2S/c15-13(16)21-12-3-1-2-10(8-12)18-14(20)17-9-4-6-11(19)7-5-9/h1-3,8-9,11,13,19H,4-7H2,(H2,17,18,20). The van der Waals surface area contributed by atoms with E-state index >= 15 is 0 Å². The normalized spacial score (nSPS) is 22.1. The summed E-state index contributed by atoms with van der Waals surface area (Å²) in [7, 11) is 0. The highest BCUT2D eigenvalue weighted by molar-refractivity contribution is 7.99. The molecule has 1 saturated carbocycles. The minimum Gasteiger partial charge on any atom is -0.393 e. The number of aliphatic hydroxyl groups is 1. The quantitative estimate of drug-likeness (QED) is 0.746. The van der Waals surface area contributed by atoms with Gasteiger partial charge in [-0.05, 0) is 43.9 Å². The van der Waals surface area contributed by atoms with Crippen molar-refractivity contribution in [2.45, 2.75) is 48.5 Å². The summed E-state index contributed by atoms with van der Waals surface area (Å²) in [6, 6.07) is 6.06.